The van der Waals surface area contributed by atoms with Crippen molar-refractivity contribution < 1.29 is 13.9 Å². The minimum atomic E-state index is -0.512. The van der Waals surface area contributed by atoms with E-state index < -0.39 is 5.41 Å². The van der Waals surface area contributed by atoms with Gasteiger partial charge in [-0.1, -0.05) is 26.7 Å². The van der Waals surface area contributed by atoms with Crippen LogP contribution in [-0.4, -0.2) is 5.97 Å². The van der Waals surface area contributed by atoms with Crippen LogP contribution in [0.3, 0.4) is 0 Å². The number of unbranched alkanes of at least 4 members (excludes halogenated alkanes) is 2. The summed E-state index contributed by atoms with van der Waals surface area (Å²) in [7, 11) is 0. The first-order chi connectivity index (χ1) is 11.2. The van der Waals surface area contributed by atoms with Crippen LogP contribution < -0.4 is 0 Å². The quantitative estimate of drug-likeness (QED) is 0.398. The lowest BCUT2D eigenvalue weighted by Crippen LogP contribution is -2.23. The molecule has 0 unspecified atom stereocenters. The van der Waals surface area contributed by atoms with Crippen molar-refractivity contribution in [2.24, 2.45) is 5.41 Å². The van der Waals surface area contributed by atoms with Gasteiger partial charge in [-0.05, 0) is 65.5 Å². The second-order valence-electron chi connectivity index (χ2n) is 7.60. The summed E-state index contributed by atoms with van der Waals surface area (Å²) in [5, 5.41) is 0. The Morgan fingerprint density at radius 2 is 1.67 bits per heavy atom. The molecule has 0 N–H and O–H groups in total. The Kier molecular flexibility index (Phi) is 7.78. The number of aryl methyl sites for hydroxylation is 2. The number of hydrogen-bond acceptors (Lipinski definition) is 3. The van der Waals surface area contributed by atoms with Crippen LogP contribution in [0.15, 0.2) is 16.2 Å². The molecule has 0 aromatic carbocycles. The summed E-state index contributed by atoms with van der Waals surface area (Å²) in [4.78, 5) is 12.4. The molecule has 1 heterocycles. The largest absolute Gasteiger partial charge is 0.461 e. The van der Waals surface area contributed by atoms with Gasteiger partial charge in [0.15, 0.2) is 0 Å². The molecule has 0 spiro atoms. The van der Waals surface area contributed by atoms with Crippen LogP contribution in [0.5, 0.6) is 0 Å². The van der Waals surface area contributed by atoms with Crippen molar-refractivity contribution in [2.75, 3.05) is 0 Å². The van der Waals surface area contributed by atoms with E-state index in [1.165, 1.54) is 0 Å². The first-order valence-electron chi connectivity index (χ1n) is 9.22. The van der Waals surface area contributed by atoms with E-state index in [2.05, 4.69) is 19.9 Å². The normalized spacial score (nSPS) is 13.0. The van der Waals surface area contributed by atoms with Gasteiger partial charge in [0.2, 0.25) is 0 Å². The molecule has 1 aromatic rings. The predicted octanol–water partition coefficient (Wildman–Crippen LogP) is 6.58. The number of carbonyl (C=O) groups excluding carboxylic acids is 1. The summed E-state index contributed by atoms with van der Waals surface area (Å²) in [5.74, 6) is 2.39. The molecule has 3 heteroatoms. The van der Waals surface area contributed by atoms with Crippen molar-refractivity contribution in [3.8, 4) is 0 Å². The highest BCUT2D eigenvalue weighted by Crippen LogP contribution is 2.32. The van der Waals surface area contributed by atoms with Gasteiger partial charge in [0, 0.05) is 12.0 Å². The molecular formula is C21H34O3. The third-order valence-corrected chi connectivity index (χ3v) is 4.17. The molecule has 1 aromatic heterocycles. The summed E-state index contributed by atoms with van der Waals surface area (Å²) in [6.07, 6.45) is 5.86. The fourth-order valence-electron chi connectivity index (χ4n) is 2.34. The molecule has 0 fully saturated rings. The van der Waals surface area contributed by atoms with Crippen LogP contribution in [0, 0.1) is 19.3 Å². The minimum absolute atomic E-state index is 0.178. The number of hydrogen-bond donors (Lipinski definition) is 0. The number of allylic oxidation sites excluding steroid dienone is 2. The van der Waals surface area contributed by atoms with E-state index in [1.807, 2.05) is 34.6 Å². The van der Waals surface area contributed by atoms with Gasteiger partial charge in [-0.3, -0.25) is 4.79 Å². The number of ether oxygens (including phenoxy) is 1. The molecule has 0 aliphatic rings. The summed E-state index contributed by atoms with van der Waals surface area (Å²) in [5.41, 5.74) is 1.68. The highest BCUT2D eigenvalue weighted by atomic mass is 16.5. The Morgan fingerprint density at radius 1 is 1.08 bits per heavy atom. The number of carbonyl (C=O) groups is 1. The molecule has 0 aliphatic carbocycles. The molecule has 3 nitrogen and oxygen atoms in total. The van der Waals surface area contributed by atoms with Crippen molar-refractivity contribution in [1.82, 2.24) is 0 Å². The SMILES string of the molecule is CCCC/C(OC(=O)C(C)(C)C)=C(/CCCC)c1cc(C)c(C)o1. The molecule has 1 rings (SSSR count). The second-order valence-corrected chi connectivity index (χ2v) is 7.60. The van der Waals surface area contributed by atoms with Crippen LogP contribution in [0.1, 0.15) is 90.2 Å². The van der Waals surface area contributed by atoms with E-state index in [4.69, 9.17) is 9.15 Å². The first-order valence-corrected chi connectivity index (χ1v) is 9.22. The number of rotatable bonds is 8. The van der Waals surface area contributed by atoms with E-state index >= 15 is 0 Å². The smallest absolute Gasteiger partial charge is 0.316 e. The average molecular weight is 335 g/mol. The lowest BCUT2D eigenvalue weighted by molar-refractivity contribution is -0.148. The monoisotopic (exact) mass is 334 g/mol. The Labute approximate surface area is 147 Å². The Hall–Kier alpha value is -1.51. The second kappa shape index (κ2) is 9.10. The minimum Gasteiger partial charge on any atom is -0.461 e. The fraction of sp³-hybridized carbons (Fsp3) is 0.667. The van der Waals surface area contributed by atoms with Gasteiger partial charge in [0.1, 0.15) is 17.3 Å². The van der Waals surface area contributed by atoms with Gasteiger partial charge >= 0.3 is 5.97 Å². The average Bonchev–Trinajstić information content (AvgIpc) is 2.82. The van der Waals surface area contributed by atoms with Gasteiger partial charge in [0.25, 0.3) is 0 Å². The Balaban J connectivity index is 3.28. The third-order valence-electron chi connectivity index (χ3n) is 4.17. The maximum atomic E-state index is 12.4. The van der Waals surface area contributed by atoms with Crippen molar-refractivity contribution in [2.45, 2.75) is 87.0 Å². The topological polar surface area (TPSA) is 39.4 Å². The molecule has 0 saturated carbocycles. The zero-order chi connectivity index (χ0) is 18.3. The van der Waals surface area contributed by atoms with Gasteiger partial charge in [-0.15, -0.1) is 0 Å². The van der Waals surface area contributed by atoms with Crippen LogP contribution in [-0.2, 0) is 9.53 Å². The molecule has 0 aliphatic heterocycles. The number of furan rings is 1. The van der Waals surface area contributed by atoms with Gasteiger partial charge in [0.05, 0.1) is 5.41 Å². The van der Waals surface area contributed by atoms with Crippen molar-refractivity contribution in [1.29, 1.82) is 0 Å². The summed E-state index contributed by atoms with van der Waals surface area (Å²) < 4.78 is 11.8. The molecule has 0 bridgehead atoms. The third kappa shape index (κ3) is 5.85. The van der Waals surface area contributed by atoms with Gasteiger partial charge in [-0.25, -0.2) is 0 Å². The molecule has 0 amide bonds. The van der Waals surface area contributed by atoms with E-state index in [0.717, 1.165) is 66.9 Å². The molecule has 0 saturated heterocycles. The maximum Gasteiger partial charge on any atom is 0.316 e. The van der Waals surface area contributed by atoms with Crippen LogP contribution in [0.4, 0.5) is 0 Å². The zero-order valence-corrected chi connectivity index (χ0v) is 16.5. The summed E-state index contributed by atoms with van der Waals surface area (Å²) >= 11 is 0. The molecular weight excluding hydrogens is 300 g/mol. The molecule has 0 atom stereocenters. The van der Waals surface area contributed by atoms with Crippen molar-refractivity contribution in [3.05, 3.63) is 28.9 Å². The molecule has 136 valence electrons. The van der Waals surface area contributed by atoms with E-state index in [9.17, 15) is 4.79 Å². The summed E-state index contributed by atoms with van der Waals surface area (Å²) in [6, 6.07) is 2.07. The number of esters is 1. The van der Waals surface area contributed by atoms with Gasteiger partial charge in [-0.2, -0.15) is 0 Å². The Morgan fingerprint density at radius 3 is 2.12 bits per heavy atom. The van der Waals surface area contributed by atoms with E-state index in [-0.39, 0.29) is 5.97 Å². The van der Waals surface area contributed by atoms with E-state index in [1.54, 1.807) is 0 Å². The van der Waals surface area contributed by atoms with Gasteiger partial charge < -0.3 is 9.15 Å². The molecule has 24 heavy (non-hydrogen) atoms. The Bertz CT molecular complexity index is 551. The van der Waals surface area contributed by atoms with Crippen LogP contribution in [0.25, 0.3) is 5.57 Å². The standard InChI is InChI=1S/C21H34O3/c1-8-10-12-17(19-14-15(3)16(4)23-19)18(13-11-9-2)24-20(22)21(5,6)7/h14H,8-13H2,1-7H3/b18-17+. The lowest BCUT2D eigenvalue weighted by Gasteiger charge is -2.20. The van der Waals surface area contributed by atoms with Crippen molar-refractivity contribution >= 4 is 11.5 Å². The fourth-order valence-corrected chi connectivity index (χ4v) is 2.34. The maximum absolute atomic E-state index is 12.4. The zero-order valence-electron chi connectivity index (χ0n) is 16.5. The van der Waals surface area contributed by atoms with Crippen LogP contribution in [0.2, 0.25) is 0 Å². The van der Waals surface area contributed by atoms with Crippen LogP contribution >= 0.6 is 0 Å². The predicted molar refractivity (Wildman–Crippen MR) is 99.7 cm³/mol. The summed E-state index contributed by atoms with van der Waals surface area (Å²) in [6.45, 7) is 14.0. The highest BCUT2D eigenvalue weighted by Gasteiger charge is 2.26. The van der Waals surface area contributed by atoms with Crippen molar-refractivity contribution in [3.63, 3.8) is 0 Å². The lowest BCUT2D eigenvalue weighted by atomic mass is 9.97. The first kappa shape index (κ1) is 20.5. The highest BCUT2D eigenvalue weighted by molar-refractivity contribution is 5.78. The molecule has 0 radical (unpaired) electrons. The van der Waals surface area contributed by atoms with E-state index in [0.29, 0.717) is 0 Å².